The maximum atomic E-state index is 11.8. The van der Waals surface area contributed by atoms with E-state index in [9.17, 15) is 30.7 Å². The number of carbonyl (C=O) groups is 1. The molecule has 12 heteroatoms. The van der Waals surface area contributed by atoms with Crippen LogP contribution in [0.25, 0.3) is 10.8 Å². The molecule has 0 aromatic heterocycles. The SMILES string of the molecule is CC(=O)Nc1c[c]ccc1N=Nc1cc(S(=O)(=O)O)c2cccc(S(=O)(=O)O)c2c1. The summed E-state index contributed by atoms with van der Waals surface area (Å²) in [7, 11) is -9.46. The summed E-state index contributed by atoms with van der Waals surface area (Å²) in [6, 6.07) is 13.0. The zero-order valence-corrected chi connectivity index (χ0v) is 16.9. The molecule has 155 valence electrons. The van der Waals surface area contributed by atoms with Gasteiger partial charge < -0.3 is 5.32 Å². The summed E-state index contributed by atoms with van der Waals surface area (Å²) in [6.07, 6.45) is 0. The maximum absolute atomic E-state index is 11.8. The Morgan fingerprint density at radius 2 is 1.67 bits per heavy atom. The molecule has 30 heavy (non-hydrogen) atoms. The molecule has 0 saturated carbocycles. The van der Waals surface area contributed by atoms with Crippen LogP contribution in [0.4, 0.5) is 17.1 Å². The summed E-state index contributed by atoms with van der Waals surface area (Å²) < 4.78 is 66.1. The average Bonchev–Trinajstić information content (AvgIpc) is 2.64. The molecule has 0 unspecified atom stereocenters. The number of amides is 1. The van der Waals surface area contributed by atoms with E-state index >= 15 is 0 Å². The molecule has 3 rings (SSSR count). The first-order valence-corrected chi connectivity index (χ1v) is 11.1. The molecule has 3 N–H and O–H groups in total. The summed E-state index contributed by atoms with van der Waals surface area (Å²) in [5, 5.41) is 10.1. The van der Waals surface area contributed by atoms with Crippen molar-refractivity contribution in [1.29, 1.82) is 0 Å². The largest absolute Gasteiger partial charge is 0.324 e. The van der Waals surface area contributed by atoms with Gasteiger partial charge in [-0.3, -0.25) is 13.9 Å². The van der Waals surface area contributed by atoms with Crippen LogP contribution < -0.4 is 5.32 Å². The number of anilines is 1. The van der Waals surface area contributed by atoms with Crippen LogP contribution in [0.15, 0.2) is 68.6 Å². The van der Waals surface area contributed by atoms with E-state index in [0.717, 1.165) is 12.1 Å². The van der Waals surface area contributed by atoms with Crippen molar-refractivity contribution in [3.63, 3.8) is 0 Å². The maximum Gasteiger partial charge on any atom is 0.295 e. The molecule has 0 bridgehead atoms. The zero-order valence-electron chi connectivity index (χ0n) is 15.3. The third-order valence-electron chi connectivity index (χ3n) is 3.88. The Bertz CT molecular complexity index is 1400. The monoisotopic (exact) mass is 448 g/mol. The average molecular weight is 448 g/mol. The topological polar surface area (TPSA) is 163 Å². The lowest BCUT2D eigenvalue weighted by atomic mass is 10.1. The third kappa shape index (κ3) is 4.68. The van der Waals surface area contributed by atoms with Gasteiger partial charge in [-0.25, -0.2) is 0 Å². The van der Waals surface area contributed by atoms with Crippen LogP contribution in [0.1, 0.15) is 6.92 Å². The van der Waals surface area contributed by atoms with E-state index in [1.54, 1.807) is 0 Å². The van der Waals surface area contributed by atoms with Crippen LogP contribution >= 0.6 is 0 Å². The van der Waals surface area contributed by atoms with E-state index in [0.29, 0.717) is 5.69 Å². The number of fused-ring (bicyclic) bond motifs is 1. The molecule has 0 aliphatic heterocycles. The molecule has 3 aromatic carbocycles. The zero-order chi connectivity index (χ0) is 22.1. The molecule has 0 aliphatic carbocycles. The van der Waals surface area contributed by atoms with Gasteiger partial charge in [-0.2, -0.15) is 21.9 Å². The molecule has 1 radical (unpaired) electrons. The Hall–Kier alpha value is -3.19. The van der Waals surface area contributed by atoms with Crippen molar-refractivity contribution in [2.45, 2.75) is 16.7 Å². The minimum atomic E-state index is -4.76. The minimum Gasteiger partial charge on any atom is -0.324 e. The second kappa shape index (κ2) is 7.91. The Kier molecular flexibility index (Phi) is 5.67. The van der Waals surface area contributed by atoms with Gasteiger partial charge in [0, 0.05) is 17.7 Å². The van der Waals surface area contributed by atoms with Gasteiger partial charge in [0.2, 0.25) is 5.91 Å². The molecule has 0 fully saturated rings. The van der Waals surface area contributed by atoms with Gasteiger partial charge in [-0.05, 0) is 36.4 Å². The second-order valence-electron chi connectivity index (χ2n) is 6.07. The highest BCUT2D eigenvalue weighted by molar-refractivity contribution is 7.86. The summed E-state index contributed by atoms with van der Waals surface area (Å²) in [4.78, 5) is 10.1. The number of carbonyl (C=O) groups excluding carboxylic acids is 1. The van der Waals surface area contributed by atoms with Crippen LogP contribution in [-0.2, 0) is 25.0 Å². The molecule has 0 heterocycles. The lowest BCUT2D eigenvalue weighted by Crippen LogP contribution is -2.05. The van der Waals surface area contributed by atoms with Crippen molar-refractivity contribution in [3.8, 4) is 0 Å². The molecule has 0 aliphatic rings. The first kappa shape index (κ1) is 21.5. The lowest BCUT2D eigenvalue weighted by Gasteiger charge is -2.09. The fraction of sp³-hybridized carbons (Fsp3) is 0.0556. The number of nitrogens with one attached hydrogen (secondary N) is 1. The van der Waals surface area contributed by atoms with Gasteiger partial charge >= 0.3 is 0 Å². The van der Waals surface area contributed by atoms with Crippen molar-refractivity contribution in [3.05, 3.63) is 54.6 Å². The van der Waals surface area contributed by atoms with Gasteiger partial charge in [0.1, 0.15) is 15.5 Å². The number of hydrogen-bond donors (Lipinski definition) is 3. The summed E-state index contributed by atoms with van der Waals surface area (Å²) in [5.41, 5.74) is 0.400. The smallest absolute Gasteiger partial charge is 0.295 e. The van der Waals surface area contributed by atoms with Crippen molar-refractivity contribution in [1.82, 2.24) is 0 Å². The van der Waals surface area contributed by atoms with Crippen LogP contribution in [0.5, 0.6) is 0 Å². The van der Waals surface area contributed by atoms with E-state index in [1.807, 2.05) is 0 Å². The van der Waals surface area contributed by atoms with Gasteiger partial charge in [0.15, 0.2) is 0 Å². The van der Waals surface area contributed by atoms with E-state index in [4.69, 9.17) is 0 Å². The van der Waals surface area contributed by atoms with Crippen molar-refractivity contribution in [2.24, 2.45) is 10.2 Å². The Morgan fingerprint density at radius 3 is 2.30 bits per heavy atom. The van der Waals surface area contributed by atoms with Crippen LogP contribution in [0, 0.1) is 6.07 Å². The molecular weight excluding hydrogens is 434 g/mol. The fourth-order valence-electron chi connectivity index (χ4n) is 2.72. The van der Waals surface area contributed by atoms with Crippen LogP contribution in [-0.4, -0.2) is 31.8 Å². The third-order valence-corrected chi connectivity index (χ3v) is 5.69. The molecule has 3 aromatic rings. The fourth-order valence-corrected chi connectivity index (χ4v) is 4.14. The number of azo groups is 1. The molecule has 0 spiro atoms. The lowest BCUT2D eigenvalue weighted by molar-refractivity contribution is -0.114. The quantitative estimate of drug-likeness (QED) is 0.397. The Morgan fingerprint density at radius 1 is 0.967 bits per heavy atom. The number of nitrogens with zero attached hydrogens (tertiary/aromatic N) is 2. The highest BCUT2D eigenvalue weighted by atomic mass is 32.2. The first-order valence-electron chi connectivity index (χ1n) is 8.18. The highest BCUT2D eigenvalue weighted by Gasteiger charge is 2.21. The van der Waals surface area contributed by atoms with E-state index < -0.39 is 30.0 Å². The highest BCUT2D eigenvalue weighted by Crippen LogP contribution is 2.34. The van der Waals surface area contributed by atoms with Crippen LogP contribution in [0.3, 0.4) is 0 Å². The van der Waals surface area contributed by atoms with Crippen molar-refractivity contribution >= 4 is 54.0 Å². The van der Waals surface area contributed by atoms with Gasteiger partial charge in [-0.15, -0.1) is 5.11 Å². The first-order chi connectivity index (χ1) is 14.0. The van der Waals surface area contributed by atoms with Gasteiger partial charge in [0.05, 0.1) is 11.4 Å². The molecule has 0 atom stereocenters. The van der Waals surface area contributed by atoms with E-state index in [1.165, 1.54) is 43.3 Å². The van der Waals surface area contributed by atoms with Gasteiger partial charge in [0.25, 0.3) is 20.2 Å². The van der Waals surface area contributed by atoms with Crippen LogP contribution in [0.2, 0.25) is 0 Å². The molecular formula is C18H14N3O7S2. The summed E-state index contributed by atoms with van der Waals surface area (Å²) in [5.74, 6) is -0.358. The van der Waals surface area contributed by atoms with Crippen molar-refractivity contribution < 1.29 is 30.7 Å². The summed E-state index contributed by atoms with van der Waals surface area (Å²) in [6.45, 7) is 1.30. The molecule has 0 saturated heterocycles. The normalized spacial score (nSPS) is 12.4. The Balaban J connectivity index is 2.23. The van der Waals surface area contributed by atoms with Crippen molar-refractivity contribution in [2.75, 3.05) is 5.32 Å². The van der Waals surface area contributed by atoms with E-state index in [-0.39, 0.29) is 28.1 Å². The second-order valence-corrected chi connectivity index (χ2v) is 8.85. The number of hydrogen-bond acceptors (Lipinski definition) is 7. The minimum absolute atomic E-state index is 0.118. The van der Waals surface area contributed by atoms with Gasteiger partial charge in [-0.1, -0.05) is 18.2 Å². The summed E-state index contributed by atoms with van der Waals surface area (Å²) >= 11 is 0. The standard InChI is InChI=1S/C18H14N3O7S2/c1-11(22)19-15-6-2-3-7-16(15)21-20-12-9-14-13(18(10-12)30(26,27)28)5-4-8-17(14)29(23,24)25/h3-10H,1H3,(H,19,22)(H,23,24,25)(H,26,27,28). The predicted molar refractivity (Wildman–Crippen MR) is 107 cm³/mol. The molecule has 1 amide bonds. The number of benzene rings is 3. The predicted octanol–water partition coefficient (Wildman–Crippen LogP) is 3.51. The Labute approximate surface area is 171 Å². The number of rotatable bonds is 5. The molecule has 10 nitrogen and oxygen atoms in total. The van der Waals surface area contributed by atoms with E-state index in [2.05, 4.69) is 21.6 Å².